The summed E-state index contributed by atoms with van der Waals surface area (Å²) in [6.45, 7) is 0.586. The smallest absolute Gasteiger partial charge is 0.0642 e. The summed E-state index contributed by atoms with van der Waals surface area (Å²) < 4.78 is 0. The molecule has 4 heteroatoms. The highest BCUT2D eigenvalue weighted by Crippen LogP contribution is 2.27. The van der Waals surface area contributed by atoms with Crippen LogP contribution in [0.5, 0.6) is 0 Å². The van der Waals surface area contributed by atoms with Crippen LogP contribution in [-0.4, -0.2) is 0 Å². The van der Waals surface area contributed by atoms with Crippen molar-refractivity contribution in [3.63, 3.8) is 0 Å². The van der Waals surface area contributed by atoms with Gasteiger partial charge in [0.1, 0.15) is 0 Å². The number of rotatable bonds is 3. The Kier molecular flexibility index (Phi) is 4.16. The highest BCUT2D eigenvalue weighted by Gasteiger charge is 2.04. The van der Waals surface area contributed by atoms with Gasteiger partial charge in [0.15, 0.2) is 0 Å². The molecule has 88 valence electrons. The standard InChI is InChI=1S/C13H10Cl3N/c14-10-5-1-2-7-12(10)17-8-9-4-3-6-11(15)13(9)16/h1-7,17H,8H2. The molecule has 0 aliphatic heterocycles. The first-order valence-electron chi connectivity index (χ1n) is 5.10. The molecular formula is C13H10Cl3N. The Morgan fingerprint density at radius 3 is 2.29 bits per heavy atom. The maximum atomic E-state index is 6.09. The molecule has 0 amide bonds. The summed E-state index contributed by atoms with van der Waals surface area (Å²) in [6.07, 6.45) is 0. The molecule has 0 aliphatic rings. The van der Waals surface area contributed by atoms with E-state index in [4.69, 9.17) is 34.8 Å². The molecule has 0 saturated carbocycles. The van der Waals surface area contributed by atoms with E-state index < -0.39 is 0 Å². The highest BCUT2D eigenvalue weighted by molar-refractivity contribution is 6.42. The van der Waals surface area contributed by atoms with E-state index in [0.29, 0.717) is 21.6 Å². The molecule has 0 fully saturated rings. The fourth-order valence-corrected chi connectivity index (χ4v) is 2.07. The van der Waals surface area contributed by atoms with Crippen molar-refractivity contribution in [3.05, 3.63) is 63.1 Å². The van der Waals surface area contributed by atoms with E-state index in [0.717, 1.165) is 11.3 Å². The minimum atomic E-state index is 0.560. The lowest BCUT2D eigenvalue weighted by Crippen LogP contribution is -2.00. The summed E-state index contributed by atoms with van der Waals surface area (Å²) >= 11 is 18.1. The molecule has 0 aromatic heterocycles. The van der Waals surface area contributed by atoms with Gasteiger partial charge in [0, 0.05) is 6.54 Å². The predicted molar refractivity (Wildman–Crippen MR) is 75.2 cm³/mol. The van der Waals surface area contributed by atoms with Crippen molar-refractivity contribution in [2.75, 3.05) is 5.32 Å². The minimum Gasteiger partial charge on any atom is -0.380 e. The van der Waals surface area contributed by atoms with Crippen molar-refractivity contribution >= 4 is 40.5 Å². The average Bonchev–Trinajstić information content (AvgIpc) is 2.33. The van der Waals surface area contributed by atoms with Gasteiger partial charge in [-0.3, -0.25) is 0 Å². The monoisotopic (exact) mass is 285 g/mol. The number of halogens is 3. The zero-order chi connectivity index (χ0) is 12.3. The number of para-hydroxylation sites is 1. The van der Waals surface area contributed by atoms with Gasteiger partial charge in [-0.05, 0) is 23.8 Å². The normalized spacial score (nSPS) is 10.3. The summed E-state index contributed by atoms with van der Waals surface area (Å²) in [6, 6.07) is 13.1. The lowest BCUT2D eigenvalue weighted by molar-refractivity contribution is 1.15. The van der Waals surface area contributed by atoms with Crippen LogP contribution >= 0.6 is 34.8 Å². The van der Waals surface area contributed by atoms with Crippen molar-refractivity contribution in [2.24, 2.45) is 0 Å². The van der Waals surface area contributed by atoms with E-state index in [1.807, 2.05) is 36.4 Å². The van der Waals surface area contributed by atoms with Gasteiger partial charge in [-0.1, -0.05) is 59.1 Å². The molecule has 2 aromatic carbocycles. The number of benzene rings is 2. The van der Waals surface area contributed by atoms with Crippen LogP contribution in [0.3, 0.4) is 0 Å². The molecule has 0 bridgehead atoms. The molecule has 2 aromatic rings. The topological polar surface area (TPSA) is 12.0 Å². The van der Waals surface area contributed by atoms with Crippen molar-refractivity contribution in [3.8, 4) is 0 Å². The summed E-state index contributed by atoms with van der Waals surface area (Å²) in [5, 5.41) is 5.05. The molecule has 0 atom stereocenters. The van der Waals surface area contributed by atoms with E-state index in [9.17, 15) is 0 Å². The fourth-order valence-electron chi connectivity index (χ4n) is 1.48. The first-order valence-corrected chi connectivity index (χ1v) is 6.23. The third kappa shape index (κ3) is 3.06. The fraction of sp³-hybridized carbons (Fsp3) is 0.0769. The maximum absolute atomic E-state index is 6.09. The number of nitrogens with one attached hydrogen (secondary N) is 1. The number of hydrogen-bond acceptors (Lipinski definition) is 1. The molecule has 0 spiro atoms. The van der Waals surface area contributed by atoms with Crippen LogP contribution in [0, 0.1) is 0 Å². The minimum absolute atomic E-state index is 0.560. The first-order chi connectivity index (χ1) is 8.18. The van der Waals surface area contributed by atoms with E-state index in [2.05, 4.69) is 5.32 Å². The van der Waals surface area contributed by atoms with Gasteiger partial charge in [0.05, 0.1) is 20.8 Å². The summed E-state index contributed by atoms with van der Waals surface area (Å²) in [7, 11) is 0. The molecule has 0 unspecified atom stereocenters. The third-order valence-corrected chi connectivity index (χ3v) is 3.56. The lowest BCUT2D eigenvalue weighted by atomic mass is 10.2. The zero-order valence-electron chi connectivity index (χ0n) is 8.88. The molecule has 1 N–H and O–H groups in total. The van der Waals surface area contributed by atoms with E-state index >= 15 is 0 Å². The largest absolute Gasteiger partial charge is 0.380 e. The summed E-state index contributed by atoms with van der Waals surface area (Å²) in [5.41, 5.74) is 1.82. The molecule has 17 heavy (non-hydrogen) atoms. The van der Waals surface area contributed by atoms with Gasteiger partial charge in [-0.2, -0.15) is 0 Å². The van der Waals surface area contributed by atoms with Crippen molar-refractivity contribution in [2.45, 2.75) is 6.54 Å². The highest BCUT2D eigenvalue weighted by atomic mass is 35.5. The van der Waals surface area contributed by atoms with Gasteiger partial charge in [-0.15, -0.1) is 0 Å². The van der Waals surface area contributed by atoms with Crippen LogP contribution in [0.25, 0.3) is 0 Å². The molecule has 0 heterocycles. The molecule has 2 rings (SSSR count). The Morgan fingerprint density at radius 1 is 0.824 bits per heavy atom. The van der Waals surface area contributed by atoms with Crippen LogP contribution in [0.15, 0.2) is 42.5 Å². The van der Waals surface area contributed by atoms with Crippen molar-refractivity contribution < 1.29 is 0 Å². The molecule has 0 aliphatic carbocycles. The Labute approximate surface area is 115 Å². The first kappa shape index (κ1) is 12.6. The quantitative estimate of drug-likeness (QED) is 0.811. The van der Waals surface area contributed by atoms with Gasteiger partial charge in [-0.25, -0.2) is 0 Å². The molecule has 0 radical (unpaired) electrons. The van der Waals surface area contributed by atoms with Crippen LogP contribution in [0.4, 0.5) is 5.69 Å². The van der Waals surface area contributed by atoms with E-state index in [-0.39, 0.29) is 0 Å². The predicted octanol–water partition coefficient (Wildman–Crippen LogP) is 5.26. The SMILES string of the molecule is Clc1ccccc1NCc1cccc(Cl)c1Cl. The van der Waals surface area contributed by atoms with Crippen LogP contribution in [-0.2, 0) is 6.54 Å². The molecule has 0 saturated heterocycles. The second kappa shape index (κ2) is 5.63. The Morgan fingerprint density at radius 2 is 1.53 bits per heavy atom. The van der Waals surface area contributed by atoms with E-state index in [1.54, 1.807) is 6.07 Å². The van der Waals surface area contributed by atoms with Gasteiger partial charge in [0.2, 0.25) is 0 Å². The number of anilines is 1. The van der Waals surface area contributed by atoms with Gasteiger partial charge < -0.3 is 5.32 Å². The second-order valence-corrected chi connectivity index (χ2v) is 4.74. The Balaban J connectivity index is 2.13. The maximum Gasteiger partial charge on any atom is 0.0642 e. The zero-order valence-corrected chi connectivity index (χ0v) is 11.2. The average molecular weight is 287 g/mol. The van der Waals surface area contributed by atoms with Crippen molar-refractivity contribution in [1.82, 2.24) is 0 Å². The molecule has 1 nitrogen and oxygen atoms in total. The van der Waals surface area contributed by atoms with Crippen LogP contribution in [0.2, 0.25) is 15.1 Å². The van der Waals surface area contributed by atoms with Crippen LogP contribution in [0.1, 0.15) is 5.56 Å². The Hall–Kier alpha value is -0.890. The second-order valence-electron chi connectivity index (χ2n) is 3.55. The lowest BCUT2D eigenvalue weighted by Gasteiger charge is -2.10. The number of hydrogen-bond donors (Lipinski definition) is 1. The van der Waals surface area contributed by atoms with Gasteiger partial charge in [0.25, 0.3) is 0 Å². The molecular weight excluding hydrogens is 277 g/mol. The van der Waals surface area contributed by atoms with Crippen LogP contribution < -0.4 is 5.32 Å². The third-order valence-electron chi connectivity index (χ3n) is 2.37. The van der Waals surface area contributed by atoms with E-state index in [1.165, 1.54) is 0 Å². The Bertz CT molecular complexity index is 526. The summed E-state index contributed by atoms with van der Waals surface area (Å²) in [4.78, 5) is 0. The van der Waals surface area contributed by atoms with Gasteiger partial charge >= 0.3 is 0 Å². The van der Waals surface area contributed by atoms with Crippen molar-refractivity contribution in [1.29, 1.82) is 0 Å². The summed E-state index contributed by atoms with van der Waals surface area (Å²) in [5.74, 6) is 0.